The van der Waals surface area contributed by atoms with Gasteiger partial charge in [-0.3, -0.25) is 4.79 Å². The molecular weight excluding hydrogens is 393 g/mol. The van der Waals surface area contributed by atoms with Crippen LogP contribution in [-0.4, -0.2) is 40.1 Å². The van der Waals surface area contributed by atoms with E-state index in [1.807, 2.05) is 60.5 Å². The maximum absolute atomic E-state index is 13.2. The number of benzene rings is 2. The lowest BCUT2D eigenvalue weighted by molar-refractivity contribution is -0.135. The normalized spacial score (nSPS) is 16.3. The van der Waals surface area contributed by atoms with Gasteiger partial charge in [-0.05, 0) is 55.5 Å². The summed E-state index contributed by atoms with van der Waals surface area (Å²) in [5, 5.41) is 0. The van der Waals surface area contributed by atoms with Gasteiger partial charge in [0, 0.05) is 37.9 Å². The van der Waals surface area contributed by atoms with Crippen LogP contribution >= 0.6 is 0 Å². The zero-order valence-corrected chi connectivity index (χ0v) is 17.8. The fraction of sp³-hybridized carbons (Fsp3) is 0.360. The summed E-state index contributed by atoms with van der Waals surface area (Å²) < 4.78 is 21.1. The number of piperidine rings is 1. The molecule has 0 radical (unpaired) electrons. The molecule has 2 aromatic carbocycles. The van der Waals surface area contributed by atoms with E-state index in [1.54, 1.807) is 0 Å². The summed E-state index contributed by atoms with van der Waals surface area (Å²) in [4.78, 5) is 19.2. The number of likely N-dealkylation sites (tertiary alicyclic amines) is 1. The second-order valence-electron chi connectivity index (χ2n) is 8.18. The largest absolute Gasteiger partial charge is 0.484 e. The summed E-state index contributed by atoms with van der Waals surface area (Å²) in [5.41, 5.74) is 2.13. The highest BCUT2D eigenvalue weighted by Crippen LogP contribution is 2.22. The average Bonchev–Trinajstić information content (AvgIpc) is 3.13. The Morgan fingerprint density at radius 2 is 1.94 bits per heavy atom. The molecule has 2 heterocycles. The van der Waals surface area contributed by atoms with Gasteiger partial charge in [0.2, 0.25) is 0 Å². The van der Waals surface area contributed by atoms with Crippen LogP contribution in [0.5, 0.6) is 5.75 Å². The summed E-state index contributed by atoms with van der Waals surface area (Å²) in [5.74, 6) is 1.89. The van der Waals surface area contributed by atoms with E-state index in [0.29, 0.717) is 18.2 Å². The molecule has 6 heteroatoms. The highest BCUT2D eigenvalue weighted by molar-refractivity contribution is 5.77. The van der Waals surface area contributed by atoms with Gasteiger partial charge in [0.05, 0.1) is 0 Å². The zero-order valence-electron chi connectivity index (χ0n) is 17.8. The molecule has 0 N–H and O–H groups in total. The molecule has 0 aliphatic carbocycles. The van der Waals surface area contributed by atoms with E-state index in [0.717, 1.165) is 49.4 Å². The first-order valence-electron chi connectivity index (χ1n) is 10.8. The van der Waals surface area contributed by atoms with E-state index >= 15 is 0 Å². The molecule has 1 fully saturated rings. The van der Waals surface area contributed by atoms with Crippen LogP contribution in [0.2, 0.25) is 0 Å². The van der Waals surface area contributed by atoms with Crippen molar-refractivity contribution in [3.05, 3.63) is 83.7 Å². The molecule has 0 saturated carbocycles. The van der Waals surface area contributed by atoms with Crippen molar-refractivity contribution < 1.29 is 13.9 Å². The van der Waals surface area contributed by atoms with Gasteiger partial charge >= 0.3 is 0 Å². The van der Waals surface area contributed by atoms with E-state index in [2.05, 4.69) is 9.55 Å². The highest BCUT2D eigenvalue weighted by atomic mass is 19.1. The van der Waals surface area contributed by atoms with Gasteiger partial charge in [0.15, 0.2) is 6.61 Å². The van der Waals surface area contributed by atoms with Crippen molar-refractivity contribution >= 4 is 5.91 Å². The first-order chi connectivity index (χ1) is 15.1. The number of para-hydroxylation sites is 1. The lowest BCUT2D eigenvalue weighted by Crippen LogP contribution is -2.43. The quantitative estimate of drug-likeness (QED) is 0.573. The molecule has 1 unspecified atom stereocenters. The van der Waals surface area contributed by atoms with Crippen molar-refractivity contribution in [1.82, 2.24) is 14.5 Å². The number of halogens is 1. The minimum atomic E-state index is -0.227. The van der Waals surface area contributed by atoms with E-state index in [1.165, 1.54) is 12.1 Å². The summed E-state index contributed by atoms with van der Waals surface area (Å²) in [6.45, 7) is 4.27. The van der Waals surface area contributed by atoms with Gasteiger partial charge in [-0.2, -0.15) is 0 Å². The molecule has 3 aromatic rings. The topological polar surface area (TPSA) is 47.4 Å². The number of amides is 1. The molecule has 31 heavy (non-hydrogen) atoms. The predicted octanol–water partition coefficient (Wildman–Crippen LogP) is 4.24. The molecule has 5 nitrogen and oxygen atoms in total. The molecule has 162 valence electrons. The van der Waals surface area contributed by atoms with Gasteiger partial charge in [-0.25, -0.2) is 9.37 Å². The number of aryl methyl sites for hydroxylation is 1. The molecule has 0 bridgehead atoms. The van der Waals surface area contributed by atoms with Crippen LogP contribution in [0.3, 0.4) is 0 Å². The number of carbonyl (C=O) groups excluding carboxylic acids is 1. The highest BCUT2D eigenvalue weighted by Gasteiger charge is 2.25. The fourth-order valence-corrected chi connectivity index (χ4v) is 4.13. The molecule has 4 rings (SSSR count). The number of hydrogen-bond acceptors (Lipinski definition) is 3. The van der Waals surface area contributed by atoms with Gasteiger partial charge in [0.25, 0.3) is 5.91 Å². The Hall–Kier alpha value is -3.15. The van der Waals surface area contributed by atoms with Crippen LogP contribution in [0, 0.1) is 18.7 Å². The SMILES string of the molecule is Cc1cnc(CC2CCCN(C(=O)COc3ccccc3)C2)n1Cc1ccc(F)cc1. The van der Waals surface area contributed by atoms with Crippen molar-refractivity contribution in [2.75, 3.05) is 19.7 Å². The van der Waals surface area contributed by atoms with Crippen LogP contribution in [0.4, 0.5) is 4.39 Å². The van der Waals surface area contributed by atoms with Crippen molar-refractivity contribution in [2.45, 2.75) is 32.7 Å². The van der Waals surface area contributed by atoms with Gasteiger partial charge in [-0.1, -0.05) is 30.3 Å². The third kappa shape index (κ3) is 5.51. The molecule has 1 aliphatic heterocycles. The lowest BCUT2D eigenvalue weighted by Gasteiger charge is -2.32. The fourth-order valence-electron chi connectivity index (χ4n) is 4.13. The second kappa shape index (κ2) is 9.77. The van der Waals surface area contributed by atoms with Crippen molar-refractivity contribution in [2.24, 2.45) is 5.92 Å². The molecular formula is C25H28FN3O2. The Labute approximate surface area is 182 Å². The molecule has 1 atom stereocenters. The molecule has 1 aromatic heterocycles. The number of aromatic nitrogens is 2. The number of rotatable bonds is 7. The van der Waals surface area contributed by atoms with E-state index < -0.39 is 0 Å². The lowest BCUT2D eigenvalue weighted by atomic mass is 9.94. The Kier molecular flexibility index (Phi) is 6.65. The molecule has 1 amide bonds. The Balaban J connectivity index is 1.36. The minimum Gasteiger partial charge on any atom is -0.484 e. The van der Waals surface area contributed by atoms with Crippen molar-refractivity contribution in [3.63, 3.8) is 0 Å². The summed E-state index contributed by atoms with van der Waals surface area (Å²) >= 11 is 0. The van der Waals surface area contributed by atoms with Crippen molar-refractivity contribution in [1.29, 1.82) is 0 Å². The number of hydrogen-bond donors (Lipinski definition) is 0. The van der Waals surface area contributed by atoms with E-state index in [-0.39, 0.29) is 18.3 Å². The minimum absolute atomic E-state index is 0.0272. The number of imidazole rings is 1. The molecule has 0 spiro atoms. The summed E-state index contributed by atoms with van der Waals surface area (Å²) in [7, 11) is 0. The van der Waals surface area contributed by atoms with Crippen LogP contribution in [-0.2, 0) is 17.8 Å². The standard InChI is InChI=1S/C25H28FN3O2/c1-19-15-27-24(29(19)17-20-9-11-22(26)12-10-20)14-21-6-5-13-28(16-21)25(30)18-31-23-7-3-2-4-8-23/h2-4,7-12,15,21H,5-6,13-14,16-18H2,1H3. The summed E-state index contributed by atoms with van der Waals surface area (Å²) in [6.07, 6.45) is 4.77. The number of carbonyl (C=O) groups is 1. The van der Waals surface area contributed by atoms with E-state index in [9.17, 15) is 9.18 Å². The molecule has 1 aliphatic rings. The monoisotopic (exact) mass is 421 g/mol. The Bertz CT molecular complexity index is 1000. The first kappa shape index (κ1) is 21.1. The second-order valence-corrected chi connectivity index (χ2v) is 8.18. The zero-order chi connectivity index (χ0) is 21.6. The third-order valence-corrected chi connectivity index (χ3v) is 5.84. The predicted molar refractivity (Wildman–Crippen MR) is 117 cm³/mol. The van der Waals surface area contributed by atoms with E-state index in [4.69, 9.17) is 4.74 Å². The third-order valence-electron chi connectivity index (χ3n) is 5.84. The molecule has 1 saturated heterocycles. The van der Waals surface area contributed by atoms with Crippen LogP contribution in [0.15, 0.2) is 60.8 Å². The Morgan fingerprint density at radius 1 is 1.16 bits per heavy atom. The average molecular weight is 422 g/mol. The smallest absolute Gasteiger partial charge is 0.260 e. The first-order valence-corrected chi connectivity index (χ1v) is 10.8. The van der Waals surface area contributed by atoms with Crippen LogP contribution < -0.4 is 4.74 Å². The van der Waals surface area contributed by atoms with Crippen LogP contribution in [0.25, 0.3) is 0 Å². The Morgan fingerprint density at radius 3 is 2.71 bits per heavy atom. The number of ether oxygens (including phenoxy) is 1. The van der Waals surface area contributed by atoms with Gasteiger partial charge in [0.1, 0.15) is 17.4 Å². The summed E-state index contributed by atoms with van der Waals surface area (Å²) in [6, 6.07) is 16.0. The van der Waals surface area contributed by atoms with Crippen LogP contribution in [0.1, 0.15) is 29.9 Å². The van der Waals surface area contributed by atoms with Gasteiger partial charge in [-0.15, -0.1) is 0 Å². The van der Waals surface area contributed by atoms with Gasteiger partial charge < -0.3 is 14.2 Å². The maximum Gasteiger partial charge on any atom is 0.260 e. The van der Waals surface area contributed by atoms with Crippen molar-refractivity contribution in [3.8, 4) is 5.75 Å². The maximum atomic E-state index is 13.2. The number of nitrogens with zero attached hydrogens (tertiary/aromatic N) is 3.